The summed E-state index contributed by atoms with van der Waals surface area (Å²) in [7, 11) is 0. The van der Waals surface area contributed by atoms with Crippen molar-refractivity contribution in [3.05, 3.63) is 81.2 Å². The minimum Gasteiger partial charge on any atom is -0.491 e. The van der Waals surface area contributed by atoms with Gasteiger partial charge in [0.15, 0.2) is 5.78 Å². The van der Waals surface area contributed by atoms with Crippen LogP contribution in [0.25, 0.3) is 21.3 Å². The first-order chi connectivity index (χ1) is 15.3. The molecule has 2 heterocycles. The summed E-state index contributed by atoms with van der Waals surface area (Å²) in [6, 6.07) is 12.9. The highest BCUT2D eigenvalue weighted by Gasteiger charge is 2.16. The number of aliphatic hydroxyl groups is 1. The zero-order chi connectivity index (χ0) is 22.8. The Morgan fingerprint density at radius 3 is 2.59 bits per heavy atom. The van der Waals surface area contributed by atoms with Gasteiger partial charge in [0.25, 0.3) is 5.56 Å². The molecule has 0 saturated heterocycles. The van der Waals surface area contributed by atoms with E-state index in [0.717, 1.165) is 16.7 Å². The van der Waals surface area contributed by atoms with Crippen molar-refractivity contribution in [2.24, 2.45) is 0 Å². The lowest BCUT2D eigenvalue weighted by Crippen LogP contribution is -2.30. The maximum Gasteiger partial charge on any atom is 0.262 e. The van der Waals surface area contributed by atoms with Crippen molar-refractivity contribution in [3.63, 3.8) is 0 Å². The van der Waals surface area contributed by atoms with Crippen molar-refractivity contribution in [2.75, 3.05) is 6.61 Å². The van der Waals surface area contributed by atoms with E-state index in [1.807, 2.05) is 24.4 Å². The number of aromatic nitrogens is 2. The van der Waals surface area contributed by atoms with Gasteiger partial charge in [0.05, 0.1) is 18.3 Å². The first-order valence-corrected chi connectivity index (χ1v) is 11.2. The standard InChI is InChI=1S/C25H24N2O4S/c1-15-4-5-19(10-16(15)2)22-13-32-24-23(22)25(30)27(14-26-24)11-20(29)12-31-21-8-6-18(7-9-21)17(3)28/h4-10,13-14,20,29H,11-12H2,1-3H3/t20-/m0/s1. The number of aryl methyl sites for hydroxylation is 2. The Morgan fingerprint density at radius 2 is 1.91 bits per heavy atom. The number of Topliss-reactive ketones (excluding diaryl/α,β-unsaturated/α-hetero) is 1. The molecule has 0 bridgehead atoms. The van der Waals surface area contributed by atoms with Crippen molar-refractivity contribution in [1.82, 2.24) is 9.55 Å². The second kappa shape index (κ2) is 9.06. The number of carbonyl (C=O) groups is 1. The van der Waals surface area contributed by atoms with Gasteiger partial charge in [-0.15, -0.1) is 11.3 Å². The van der Waals surface area contributed by atoms with E-state index in [0.29, 0.717) is 21.5 Å². The van der Waals surface area contributed by atoms with E-state index in [4.69, 9.17) is 4.74 Å². The molecule has 2 aromatic heterocycles. The molecule has 32 heavy (non-hydrogen) atoms. The lowest BCUT2D eigenvalue weighted by atomic mass is 10.0. The van der Waals surface area contributed by atoms with Gasteiger partial charge in [-0.1, -0.05) is 18.2 Å². The van der Waals surface area contributed by atoms with Crippen molar-refractivity contribution in [1.29, 1.82) is 0 Å². The number of carbonyl (C=O) groups excluding carboxylic acids is 1. The van der Waals surface area contributed by atoms with Crippen LogP contribution < -0.4 is 10.3 Å². The second-order valence-corrected chi connectivity index (χ2v) is 8.73. The molecule has 0 spiro atoms. The van der Waals surface area contributed by atoms with Crippen molar-refractivity contribution in [3.8, 4) is 16.9 Å². The van der Waals surface area contributed by atoms with Crippen LogP contribution in [0.1, 0.15) is 28.4 Å². The molecule has 0 saturated carbocycles. The summed E-state index contributed by atoms with van der Waals surface area (Å²) in [6.07, 6.45) is 0.569. The van der Waals surface area contributed by atoms with E-state index >= 15 is 0 Å². The third-order valence-corrected chi connectivity index (χ3v) is 6.38. The molecule has 0 aliphatic heterocycles. The number of fused-ring (bicyclic) bond motifs is 1. The van der Waals surface area contributed by atoms with E-state index in [2.05, 4.69) is 18.0 Å². The summed E-state index contributed by atoms with van der Waals surface area (Å²) in [5.41, 5.74) is 4.61. The van der Waals surface area contributed by atoms with Gasteiger partial charge in [-0.2, -0.15) is 0 Å². The summed E-state index contributed by atoms with van der Waals surface area (Å²) >= 11 is 1.44. The summed E-state index contributed by atoms with van der Waals surface area (Å²) in [5.74, 6) is 0.525. The van der Waals surface area contributed by atoms with Crippen LogP contribution in [0, 0.1) is 13.8 Å². The van der Waals surface area contributed by atoms with Crippen LogP contribution >= 0.6 is 11.3 Å². The SMILES string of the molecule is CC(=O)c1ccc(OC[C@@H](O)Cn2cnc3scc(-c4ccc(C)c(C)c4)c3c2=O)cc1. The lowest BCUT2D eigenvalue weighted by Gasteiger charge is -2.14. The Labute approximate surface area is 189 Å². The highest BCUT2D eigenvalue weighted by molar-refractivity contribution is 7.17. The van der Waals surface area contributed by atoms with Crippen molar-refractivity contribution in [2.45, 2.75) is 33.4 Å². The predicted octanol–water partition coefficient (Wildman–Crippen LogP) is 4.38. The third kappa shape index (κ3) is 4.49. The molecule has 4 rings (SSSR count). The second-order valence-electron chi connectivity index (χ2n) is 7.88. The van der Waals surface area contributed by atoms with Gasteiger partial charge in [0.2, 0.25) is 0 Å². The Bertz CT molecular complexity index is 1340. The fraction of sp³-hybridized carbons (Fsp3) is 0.240. The normalized spacial score (nSPS) is 12.1. The van der Waals surface area contributed by atoms with E-state index in [1.165, 1.54) is 34.7 Å². The summed E-state index contributed by atoms with van der Waals surface area (Å²) in [5, 5.41) is 13.0. The van der Waals surface area contributed by atoms with Crippen molar-refractivity contribution >= 4 is 27.3 Å². The maximum atomic E-state index is 13.2. The quantitative estimate of drug-likeness (QED) is 0.424. The van der Waals surface area contributed by atoms with Gasteiger partial charge in [-0.3, -0.25) is 14.2 Å². The Balaban J connectivity index is 1.53. The fourth-order valence-corrected chi connectivity index (χ4v) is 4.38. The zero-order valence-electron chi connectivity index (χ0n) is 18.2. The number of thiophene rings is 1. The molecule has 0 radical (unpaired) electrons. The van der Waals surface area contributed by atoms with E-state index in [-0.39, 0.29) is 24.5 Å². The van der Waals surface area contributed by atoms with Crippen LogP contribution in [-0.4, -0.2) is 33.2 Å². The molecule has 0 amide bonds. The Hall–Kier alpha value is -3.29. The Kier molecular flexibility index (Phi) is 6.21. The first kappa shape index (κ1) is 21.9. The average molecular weight is 449 g/mol. The number of hydrogen-bond acceptors (Lipinski definition) is 6. The van der Waals surface area contributed by atoms with E-state index in [1.54, 1.807) is 24.3 Å². The molecule has 7 heteroatoms. The first-order valence-electron chi connectivity index (χ1n) is 10.3. The number of rotatable bonds is 7. The van der Waals surface area contributed by atoms with E-state index in [9.17, 15) is 14.7 Å². The fourth-order valence-electron chi connectivity index (χ4n) is 3.48. The zero-order valence-corrected chi connectivity index (χ0v) is 19.0. The van der Waals surface area contributed by atoms with Crippen LogP contribution in [0.15, 0.2) is 59.0 Å². The minimum atomic E-state index is -0.900. The van der Waals surface area contributed by atoms with Crippen LogP contribution in [0.5, 0.6) is 5.75 Å². The molecule has 1 N–H and O–H groups in total. The topological polar surface area (TPSA) is 81.4 Å². The molecule has 0 unspecified atom stereocenters. The highest BCUT2D eigenvalue weighted by Crippen LogP contribution is 2.31. The summed E-state index contributed by atoms with van der Waals surface area (Å²) in [6.45, 7) is 5.68. The number of benzene rings is 2. The van der Waals surface area contributed by atoms with Gasteiger partial charge in [0.1, 0.15) is 23.3 Å². The largest absolute Gasteiger partial charge is 0.491 e. The molecule has 0 fully saturated rings. The molecule has 1 atom stereocenters. The summed E-state index contributed by atoms with van der Waals surface area (Å²) < 4.78 is 7.03. The third-order valence-electron chi connectivity index (χ3n) is 5.49. The smallest absolute Gasteiger partial charge is 0.262 e. The molecule has 6 nitrogen and oxygen atoms in total. The number of ketones is 1. The monoisotopic (exact) mass is 448 g/mol. The summed E-state index contributed by atoms with van der Waals surface area (Å²) in [4.78, 5) is 29.7. The van der Waals surface area contributed by atoms with Crippen molar-refractivity contribution < 1.29 is 14.6 Å². The van der Waals surface area contributed by atoms with Gasteiger partial charge < -0.3 is 9.84 Å². The maximum absolute atomic E-state index is 13.2. The predicted molar refractivity (Wildman–Crippen MR) is 127 cm³/mol. The van der Waals surface area contributed by atoms with Gasteiger partial charge in [-0.25, -0.2) is 4.98 Å². The lowest BCUT2D eigenvalue weighted by molar-refractivity contribution is 0.0914. The molecule has 2 aromatic carbocycles. The molecule has 4 aromatic rings. The minimum absolute atomic E-state index is 0.0115. The van der Waals surface area contributed by atoms with Gasteiger partial charge in [0, 0.05) is 16.5 Å². The average Bonchev–Trinajstić information content (AvgIpc) is 3.21. The van der Waals surface area contributed by atoms with Crippen LogP contribution in [-0.2, 0) is 6.54 Å². The van der Waals surface area contributed by atoms with Crippen LogP contribution in [0.4, 0.5) is 0 Å². The molecule has 0 aliphatic carbocycles. The van der Waals surface area contributed by atoms with Crippen LogP contribution in [0.3, 0.4) is 0 Å². The number of ether oxygens (including phenoxy) is 1. The molecular formula is C25H24N2O4S. The number of aliphatic hydroxyl groups excluding tert-OH is 1. The molecular weight excluding hydrogens is 424 g/mol. The number of hydrogen-bond donors (Lipinski definition) is 1. The number of nitrogens with zero attached hydrogens (tertiary/aromatic N) is 2. The van der Waals surface area contributed by atoms with E-state index < -0.39 is 6.10 Å². The molecule has 0 aliphatic rings. The van der Waals surface area contributed by atoms with Crippen LogP contribution in [0.2, 0.25) is 0 Å². The molecule has 164 valence electrons. The van der Waals surface area contributed by atoms with Gasteiger partial charge >= 0.3 is 0 Å². The van der Waals surface area contributed by atoms with Gasteiger partial charge in [-0.05, 0) is 61.7 Å². The highest BCUT2D eigenvalue weighted by atomic mass is 32.1. The Morgan fingerprint density at radius 1 is 1.16 bits per heavy atom.